The summed E-state index contributed by atoms with van der Waals surface area (Å²) in [5.74, 6) is -3.49. The summed E-state index contributed by atoms with van der Waals surface area (Å²) in [6, 6.07) is 12.0. The van der Waals surface area contributed by atoms with Gasteiger partial charge < -0.3 is 16.4 Å². The van der Waals surface area contributed by atoms with Gasteiger partial charge in [0.25, 0.3) is 5.91 Å². The first-order chi connectivity index (χ1) is 12.4. The molecule has 0 radical (unpaired) electrons. The smallest absolute Gasteiger partial charge is 0.257 e. The van der Waals surface area contributed by atoms with Crippen molar-refractivity contribution in [2.75, 3.05) is 13.1 Å². The van der Waals surface area contributed by atoms with Gasteiger partial charge in [0.1, 0.15) is 17.2 Å². The second-order valence-corrected chi connectivity index (χ2v) is 5.87. The lowest BCUT2D eigenvalue weighted by molar-refractivity contribution is -0.125. The summed E-state index contributed by atoms with van der Waals surface area (Å²) in [5, 5.41) is 5.02. The highest BCUT2D eigenvalue weighted by Crippen LogP contribution is 2.18. The van der Waals surface area contributed by atoms with E-state index >= 15 is 0 Å². The molecule has 0 fully saturated rings. The van der Waals surface area contributed by atoms with Crippen LogP contribution in [-0.4, -0.2) is 24.9 Å². The highest BCUT2D eigenvalue weighted by Gasteiger charge is 2.22. The molecule has 7 heteroatoms. The molecule has 2 unspecified atom stereocenters. The van der Waals surface area contributed by atoms with Crippen molar-refractivity contribution in [3.05, 3.63) is 71.3 Å². The molecule has 0 aliphatic carbocycles. The maximum absolute atomic E-state index is 13.5. The van der Waals surface area contributed by atoms with E-state index in [0.717, 1.165) is 17.7 Å². The molecule has 5 nitrogen and oxygen atoms in total. The van der Waals surface area contributed by atoms with Gasteiger partial charge in [-0.15, -0.1) is 0 Å². The van der Waals surface area contributed by atoms with Gasteiger partial charge in [-0.25, -0.2) is 8.78 Å². The van der Waals surface area contributed by atoms with Crippen LogP contribution in [-0.2, 0) is 4.79 Å². The van der Waals surface area contributed by atoms with Gasteiger partial charge in [0.05, 0.1) is 5.92 Å². The van der Waals surface area contributed by atoms with Crippen molar-refractivity contribution in [1.29, 1.82) is 0 Å². The zero-order valence-electron chi connectivity index (χ0n) is 14.3. The Balaban J connectivity index is 1.80. The lowest BCUT2D eigenvalue weighted by Crippen LogP contribution is -2.40. The molecule has 26 heavy (non-hydrogen) atoms. The summed E-state index contributed by atoms with van der Waals surface area (Å²) >= 11 is 0. The molecule has 2 amide bonds. The average Bonchev–Trinajstić information content (AvgIpc) is 2.64. The Morgan fingerprint density at radius 2 is 1.54 bits per heavy atom. The normalized spacial score (nSPS) is 12.9. The monoisotopic (exact) mass is 361 g/mol. The molecule has 2 aromatic rings. The summed E-state index contributed by atoms with van der Waals surface area (Å²) in [4.78, 5) is 24.0. The number of nitrogens with two attached hydrogens (primary N) is 1. The van der Waals surface area contributed by atoms with Gasteiger partial charge in [0.15, 0.2) is 0 Å². The molecule has 0 heterocycles. The standard InChI is InChI=1S/C19H21F2N3O2/c1-12(17(22)13-6-3-2-4-7-13)18(25)23-10-11-24-19(26)16-14(20)8-5-9-15(16)21/h2-9,12,17H,10-11,22H2,1H3,(H,23,25)(H,24,26). The van der Waals surface area contributed by atoms with Crippen molar-refractivity contribution >= 4 is 11.8 Å². The van der Waals surface area contributed by atoms with Gasteiger partial charge in [-0.3, -0.25) is 9.59 Å². The Morgan fingerprint density at radius 1 is 0.962 bits per heavy atom. The third-order valence-corrected chi connectivity index (χ3v) is 4.04. The highest BCUT2D eigenvalue weighted by molar-refractivity contribution is 5.94. The first-order valence-electron chi connectivity index (χ1n) is 8.22. The minimum Gasteiger partial charge on any atom is -0.354 e. The van der Waals surface area contributed by atoms with E-state index in [-0.39, 0.29) is 19.0 Å². The predicted octanol–water partition coefficient (Wildman–Crippen LogP) is 2.15. The van der Waals surface area contributed by atoms with Crippen LogP contribution in [0.4, 0.5) is 8.78 Å². The molecule has 0 spiro atoms. The molecular weight excluding hydrogens is 340 g/mol. The van der Waals surface area contributed by atoms with E-state index in [9.17, 15) is 18.4 Å². The Kier molecular flexibility index (Phi) is 6.80. The molecule has 138 valence electrons. The van der Waals surface area contributed by atoms with Crippen LogP contribution in [0.15, 0.2) is 48.5 Å². The lowest BCUT2D eigenvalue weighted by Gasteiger charge is -2.20. The SMILES string of the molecule is CC(C(=O)NCCNC(=O)c1c(F)cccc1F)C(N)c1ccccc1. The Bertz CT molecular complexity index is 748. The number of carbonyl (C=O) groups excluding carboxylic acids is 2. The third kappa shape index (κ3) is 4.86. The molecule has 2 rings (SSSR count). The van der Waals surface area contributed by atoms with E-state index in [2.05, 4.69) is 10.6 Å². The van der Waals surface area contributed by atoms with E-state index in [1.165, 1.54) is 6.07 Å². The Labute approximate surface area is 150 Å². The molecule has 2 atom stereocenters. The Hall–Kier alpha value is -2.80. The second kappa shape index (κ2) is 9.05. The first kappa shape index (κ1) is 19.5. The van der Waals surface area contributed by atoms with Crippen molar-refractivity contribution in [3.63, 3.8) is 0 Å². The minimum absolute atomic E-state index is 0.0334. The number of hydrogen-bond donors (Lipinski definition) is 3. The van der Waals surface area contributed by atoms with Crippen LogP contribution < -0.4 is 16.4 Å². The van der Waals surface area contributed by atoms with E-state index in [1.807, 2.05) is 30.3 Å². The number of nitrogens with one attached hydrogen (secondary N) is 2. The fourth-order valence-corrected chi connectivity index (χ4v) is 2.45. The van der Waals surface area contributed by atoms with Crippen LogP contribution in [0.5, 0.6) is 0 Å². The van der Waals surface area contributed by atoms with Gasteiger partial charge in [0.2, 0.25) is 5.91 Å². The summed E-state index contributed by atoms with van der Waals surface area (Å²) in [6.07, 6.45) is 0. The molecule has 0 aliphatic heterocycles. The molecule has 0 aliphatic rings. The molecule has 0 bridgehead atoms. The van der Waals surface area contributed by atoms with Crippen molar-refractivity contribution < 1.29 is 18.4 Å². The topological polar surface area (TPSA) is 84.2 Å². The van der Waals surface area contributed by atoms with Crippen LogP contribution in [0.25, 0.3) is 0 Å². The van der Waals surface area contributed by atoms with Gasteiger partial charge >= 0.3 is 0 Å². The maximum atomic E-state index is 13.5. The summed E-state index contributed by atoms with van der Waals surface area (Å²) < 4.78 is 27.0. The molecule has 0 saturated carbocycles. The van der Waals surface area contributed by atoms with Crippen molar-refractivity contribution in [1.82, 2.24) is 10.6 Å². The van der Waals surface area contributed by atoms with Crippen molar-refractivity contribution in [3.8, 4) is 0 Å². The zero-order valence-corrected chi connectivity index (χ0v) is 14.3. The Morgan fingerprint density at radius 3 is 2.15 bits per heavy atom. The molecule has 2 aromatic carbocycles. The number of benzene rings is 2. The van der Waals surface area contributed by atoms with Gasteiger partial charge in [-0.2, -0.15) is 0 Å². The number of halogens is 2. The van der Waals surface area contributed by atoms with Gasteiger partial charge in [-0.1, -0.05) is 43.3 Å². The van der Waals surface area contributed by atoms with Gasteiger partial charge in [-0.05, 0) is 17.7 Å². The number of carbonyl (C=O) groups is 2. The number of rotatable bonds is 7. The molecule has 0 saturated heterocycles. The summed E-state index contributed by atoms with van der Waals surface area (Å²) in [7, 11) is 0. The van der Waals surface area contributed by atoms with Crippen LogP contribution in [0.2, 0.25) is 0 Å². The van der Waals surface area contributed by atoms with Crippen LogP contribution in [0, 0.1) is 17.6 Å². The van der Waals surface area contributed by atoms with Crippen LogP contribution >= 0.6 is 0 Å². The lowest BCUT2D eigenvalue weighted by atomic mass is 9.95. The van der Waals surface area contributed by atoms with Gasteiger partial charge in [0, 0.05) is 19.1 Å². The minimum atomic E-state index is -0.936. The van der Waals surface area contributed by atoms with E-state index in [0.29, 0.717) is 0 Å². The fourth-order valence-electron chi connectivity index (χ4n) is 2.45. The first-order valence-corrected chi connectivity index (χ1v) is 8.22. The zero-order chi connectivity index (χ0) is 19.1. The van der Waals surface area contributed by atoms with E-state index in [4.69, 9.17) is 5.73 Å². The van der Waals surface area contributed by atoms with Crippen molar-refractivity contribution in [2.45, 2.75) is 13.0 Å². The summed E-state index contributed by atoms with van der Waals surface area (Å²) in [5.41, 5.74) is 6.29. The van der Waals surface area contributed by atoms with Crippen LogP contribution in [0.3, 0.4) is 0 Å². The quantitative estimate of drug-likeness (QED) is 0.661. The molecule has 0 aromatic heterocycles. The van der Waals surface area contributed by atoms with Crippen molar-refractivity contribution in [2.24, 2.45) is 11.7 Å². The summed E-state index contributed by atoms with van der Waals surface area (Å²) in [6.45, 7) is 1.86. The van der Waals surface area contributed by atoms with E-state index in [1.54, 1.807) is 6.92 Å². The number of amides is 2. The largest absolute Gasteiger partial charge is 0.354 e. The third-order valence-electron chi connectivity index (χ3n) is 4.04. The maximum Gasteiger partial charge on any atom is 0.257 e. The molecule has 4 N–H and O–H groups in total. The highest BCUT2D eigenvalue weighted by atomic mass is 19.1. The fraction of sp³-hybridized carbons (Fsp3) is 0.263. The van der Waals surface area contributed by atoms with Crippen LogP contribution in [0.1, 0.15) is 28.9 Å². The van der Waals surface area contributed by atoms with E-state index < -0.39 is 35.1 Å². The molecular formula is C19H21F2N3O2. The average molecular weight is 361 g/mol. The number of hydrogen-bond acceptors (Lipinski definition) is 3. The predicted molar refractivity (Wildman–Crippen MR) is 94.2 cm³/mol. The second-order valence-electron chi connectivity index (χ2n) is 5.87.